The third kappa shape index (κ3) is 14.7. The van der Waals surface area contributed by atoms with Gasteiger partial charge in [0.1, 0.15) is 0 Å². The predicted octanol–water partition coefficient (Wildman–Crippen LogP) is 4.24. The molecular weight excluding hydrogens is 320 g/mol. The van der Waals surface area contributed by atoms with Crippen LogP contribution in [0.2, 0.25) is 0 Å². The second-order valence-corrected chi connectivity index (χ2v) is 6.11. The van der Waals surface area contributed by atoms with Crippen LogP contribution in [0.15, 0.2) is 11.1 Å². The molecule has 0 rings (SSSR count). The number of allylic oxidation sites excluding steroid dienone is 1. The van der Waals surface area contributed by atoms with Crippen LogP contribution in [0.4, 0.5) is 0 Å². The molecule has 6 heteroatoms. The van der Waals surface area contributed by atoms with Crippen molar-refractivity contribution < 1.29 is 27.1 Å². The number of carboxylic acids is 1. The van der Waals surface area contributed by atoms with Crippen molar-refractivity contribution in [1.29, 1.82) is 0 Å². The van der Waals surface area contributed by atoms with Crippen molar-refractivity contribution >= 4 is 41.0 Å². The van der Waals surface area contributed by atoms with Crippen LogP contribution in [0, 0.1) is 0 Å². The fourth-order valence-electron chi connectivity index (χ4n) is 2.04. The molecule has 0 aliphatic rings. The van der Waals surface area contributed by atoms with Gasteiger partial charge in [-0.2, -0.15) is 0 Å². The average molecular weight is 353 g/mol. The van der Waals surface area contributed by atoms with E-state index in [0.717, 1.165) is 56.9 Å². The molecule has 0 spiro atoms. The van der Waals surface area contributed by atoms with Gasteiger partial charge in [0.2, 0.25) is 0 Å². The summed E-state index contributed by atoms with van der Waals surface area (Å²) in [5, 5.41) is 8.51. The Labute approximate surface area is 164 Å². The Bertz CT molecular complexity index is 435. The van der Waals surface area contributed by atoms with E-state index in [-0.39, 0.29) is 38.7 Å². The van der Waals surface area contributed by atoms with Crippen LogP contribution in [0.1, 0.15) is 87.8 Å². The second-order valence-electron chi connectivity index (χ2n) is 6.11. The van der Waals surface area contributed by atoms with Crippen molar-refractivity contribution in [3.05, 3.63) is 11.1 Å². The van der Waals surface area contributed by atoms with Gasteiger partial charge in [0, 0.05) is 18.4 Å². The van der Waals surface area contributed by atoms with E-state index in [9.17, 15) is 14.4 Å². The number of esters is 2. The Morgan fingerprint density at radius 3 is 1.62 bits per heavy atom. The standard InChI is InChI=1S/C18H30O5.Mg.2H/c1-14(2)15(3)18(22)23-17(21)13-11-9-7-5-4-6-8-10-12-16(19)20;;;/h4-13H2,1-3H3,(H,19,20);;;/q;+2;2*-1. The molecule has 0 fully saturated rings. The number of unbranched alkanes of at least 4 members (excludes halogenated alkanes) is 7. The van der Waals surface area contributed by atoms with Crippen LogP contribution in [-0.4, -0.2) is 46.1 Å². The molecule has 0 radical (unpaired) electrons. The molecule has 136 valence electrons. The van der Waals surface area contributed by atoms with Gasteiger partial charge in [-0.25, -0.2) is 4.79 Å². The molecule has 1 N–H and O–H groups in total. The second kappa shape index (κ2) is 15.6. The molecule has 0 bridgehead atoms. The number of carboxylic acid groups (broad SMARTS) is 1. The third-order valence-corrected chi connectivity index (χ3v) is 3.78. The van der Waals surface area contributed by atoms with Crippen molar-refractivity contribution in [2.75, 3.05) is 0 Å². The zero-order chi connectivity index (χ0) is 17.7. The Hall–Kier alpha value is -0.884. The summed E-state index contributed by atoms with van der Waals surface area (Å²) in [5.74, 6) is -1.73. The summed E-state index contributed by atoms with van der Waals surface area (Å²) in [4.78, 5) is 33.4. The van der Waals surface area contributed by atoms with Crippen LogP contribution in [0.3, 0.4) is 0 Å². The van der Waals surface area contributed by atoms with Crippen LogP contribution < -0.4 is 0 Å². The largest absolute Gasteiger partial charge is 2.00 e. The van der Waals surface area contributed by atoms with Gasteiger partial charge in [-0.1, -0.05) is 44.1 Å². The van der Waals surface area contributed by atoms with Gasteiger partial charge in [-0.15, -0.1) is 0 Å². The first-order valence-corrected chi connectivity index (χ1v) is 8.45. The normalized spacial score (nSPS) is 9.79. The van der Waals surface area contributed by atoms with E-state index in [1.54, 1.807) is 6.92 Å². The molecule has 0 aliphatic heterocycles. The van der Waals surface area contributed by atoms with Crippen molar-refractivity contribution in [1.82, 2.24) is 0 Å². The van der Waals surface area contributed by atoms with Crippen LogP contribution in [0.5, 0.6) is 0 Å². The van der Waals surface area contributed by atoms with Crippen LogP contribution >= 0.6 is 0 Å². The molecule has 0 aromatic rings. The van der Waals surface area contributed by atoms with E-state index in [1.807, 2.05) is 13.8 Å². The fourth-order valence-corrected chi connectivity index (χ4v) is 2.04. The van der Waals surface area contributed by atoms with Crippen molar-refractivity contribution in [2.45, 2.75) is 85.0 Å². The van der Waals surface area contributed by atoms with E-state index < -0.39 is 17.9 Å². The molecule has 0 aliphatic carbocycles. The minimum atomic E-state index is -0.727. The SMILES string of the molecule is CC(C)=C(C)C(=O)OC(=O)CCCCCCCCCCC(=O)O.[H-].[H-].[Mg+2]. The molecule has 0 amide bonds. The quantitative estimate of drug-likeness (QED) is 0.187. The van der Waals surface area contributed by atoms with Crippen molar-refractivity contribution in [3.8, 4) is 0 Å². The van der Waals surface area contributed by atoms with Gasteiger partial charge in [0.15, 0.2) is 0 Å². The van der Waals surface area contributed by atoms with Gasteiger partial charge in [-0.05, 0) is 33.6 Å². The minimum Gasteiger partial charge on any atom is -1.00 e. The monoisotopic (exact) mass is 352 g/mol. The van der Waals surface area contributed by atoms with E-state index in [1.165, 1.54) is 0 Å². The summed E-state index contributed by atoms with van der Waals surface area (Å²) in [6.07, 6.45) is 8.23. The number of aliphatic carboxylic acids is 1. The number of carbonyl (C=O) groups excluding carboxylic acids is 2. The first-order chi connectivity index (χ1) is 10.8. The Morgan fingerprint density at radius 1 is 0.792 bits per heavy atom. The summed E-state index contributed by atoms with van der Waals surface area (Å²) in [6, 6.07) is 0. The molecule has 0 saturated carbocycles. The summed E-state index contributed by atoms with van der Waals surface area (Å²) in [5.41, 5.74) is 1.34. The van der Waals surface area contributed by atoms with E-state index in [0.29, 0.717) is 5.57 Å². The van der Waals surface area contributed by atoms with Gasteiger partial charge in [-0.3, -0.25) is 9.59 Å². The maximum absolute atomic E-state index is 11.6. The van der Waals surface area contributed by atoms with Crippen LogP contribution in [0.25, 0.3) is 0 Å². The van der Waals surface area contributed by atoms with Crippen LogP contribution in [-0.2, 0) is 19.1 Å². The Balaban J connectivity index is -0.000000807. The van der Waals surface area contributed by atoms with Gasteiger partial charge >= 0.3 is 41.0 Å². The van der Waals surface area contributed by atoms with Gasteiger partial charge in [0.05, 0.1) is 0 Å². The fraction of sp³-hybridized carbons (Fsp3) is 0.722. The molecule has 0 atom stereocenters. The summed E-state index contributed by atoms with van der Waals surface area (Å²) in [6.45, 7) is 5.27. The van der Waals surface area contributed by atoms with E-state index in [2.05, 4.69) is 0 Å². The first-order valence-electron chi connectivity index (χ1n) is 8.45. The zero-order valence-electron chi connectivity index (χ0n) is 17.4. The number of hydrogen-bond acceptors (Lipinski definition) is 4. The van der Waals surface area contributed by atoms with E-state index in [4.69, 9.17) is 9.84 Å². The summed E-state index contributed by atoms with van der Waals surface area (Å²) in [7, 11) is 0. The number of ether oxygens (including phenoxy) is 1. The molecule has 0 saturated heterocycles. The molecule has 0 heterocycles. The molecule has 24 heavy (non-hydrogen) atoms. The maximum atomic E-state index is 11.6. The third-order valence-electron chi connectivity index (χ3n) is 3.78. The van der Waals surface area contributed by atoms with E-state index >= 15 is 0 Å². The zero-order valence-corrected chi connectivity index (χ0v) is 16.8. The summed E-state index contributed by atoms with van der Waals surface area (Å²) >= 11 is 0. The first kappa shape index (κ1) is 25.4. The summed E-state index contributed by atoms with van der Waals surface area (Å²) < 4.78 is 4.78. The van der Waals surface area contributed by atoms with Gasteiger partial charge in [0.25, 0.3) is 0 Å². The Kier molecular flexibility index (Phi) is 16.5. The maximum Gasteiger partial charge on any atom is 2.00 e. The minimum absolute atomic E-state index is 0. The topological polar surface area (TPSA) is 80.7 Å². The molecule has 0 aromatic carbocycles. The Morgan fingerprint density at radius 2 is 1.21 bits per heavy atom. The van der Waals surface area contributed by atoms with Gasteiger partial charge < -0.3 is 12.7 Å². The molecule has 0 aromatic heterocycles. The average Bonchev–Trinajstić information content (AvgIpc) is 2.47. The molecular formula is C18H32MgO5. The number of rotatable bonds is 12. The van der Waals surface area contributed by atoms with Crippen molar-refractivity contribution in [3.63, 3.8) is 0 Å². The predicted molar refractivity (Wildman–Crippen MR) is 96.9 cm³/mol. The number of hydrogen-bond donors (Lipinski definition) is 1. The number of carbonyl (C=O) groups is 3. The molecule has 0 unspecified atom stereocenters. The smallest absolute Gasteiger partial charge is 1.00 e. The molecule has 5 nitrogen and oxygen atoms in total. The van der Waals surface area contributed by atoms with Crippen molar-refractivity contribution in [2.24, 2.45) is 0 Å².